The number of carbonyl (C=O) groups is 2. The van der Waals surface area contributed by atoms with Crippen LogP contribution in [0.2, 0.25) is 0 Å². The smallest absolute Gasteiger partial charge is 0.256 e. The van der Waals surface area contributed by atoms with E-state index in [0.717, 1.165) is 17.7 Å². The summed E-state index contributed by atoms with van der Waals surface area (Å²) in [6.07, 6.45) is 0.903. The Balaban J connectivity index is 1.53. The first-order valence-corrected chi connectivity index (χ1v) is 8.81. The average molecular weight is 373 g/mol. The molecule has 1 fully saturated rings. The SMILES string of the molecule is Nc1ccccc1CCC(=O)N1CCN(C(=O)c2ccc(F)cc2F)CC1. The van der Waals surface area contributed by atoms with E-state index in [4.69, 9.17) is 5.73 Å². The topological polar surface area (TPSA) is 66.6 Å². The molecular weight excluding hydrogens is 352 g/mol. The summed E-state index contributed by atoms with van der Waals surface area (Å²) >= 11 is 0. The van der Waals surface area contributed by atoms with Gasteiger partial charge in [0.25, 0.3) is 5.91 Å². The van der Waals surface area contributed by atoms with Crippen LogP contribution in [0.25, 0.3) is 0 Å². The summed E-state index contributed by atoms with van der Waals surface area (Å²) in [5.74, 6) is -2.09. The molecule has 2 aromatic carbocycles. The number of carbonyl (C=O) groups excluding carboxylic acids is 2. The number of halogens is 2. The number of aryl methyl sites for hydroxylation is 1. The summed E-state index contributed by atoms with van der Waals surface area (Å²) in [4.78, 5) is 28.0. The van der Waals surface area contributed by atoms with Gasteiger partial charge in [0.15, 0.2) is 0 Å². The molecule has 1 aliphatic heterocycles. The number of amides is 2. The Labute approximate surface area is 156 Å². The van der Waals surface area contributed by atoms with E-state index in [2.05, 4.69) is 0 Å². The fourth-order valence-electron chi connectivity index (χ4n) is 3.15. The van der Waals surface area contributed by atoms with Crippen LogP contribution in [0.3, 0.4) is 0 Å². The van der Waals surface area contributed by atoms with E-state index >= 15 is 0 Å². The van der Waals surface area contributed by atoms with Crippen LogP contribution in [0.5, 0.6) is 0 Å². The maximum Gasteiger partial charge on any atom is 0.256 e. The molecule has 0 spiro atoms. The highest BCUT2D eigenvalue weighted by Gasteiger charge is 2.26. The van der Waals surface area contributed by atoms with Crippen molar-refractivity contribution in [1.29, 1.82) is 0 Å². The van der Waals surface area contributed by atoms with Crippen molar-refractivity contribution in [3.8, 4) is 0 Å². The number of rotatable bonds is 4. The molecular formula is C20H21F2N3O2. The molecule has 3 rings (SSSR count). The van der Waals surface area contributed by atoms with E-state index in [1.165, 1.54) is 4.90 Å². The van der Waals surface area contributed by atoms with Gasteiger partial charge < -0.3 is 15.5 Å². The molecule has 2 aromatic rings. The zero-order valence-electron chi connectivity index (χ0n) is 14.8. The van der Waals surface area contributed by atoms with Gasteiger partial charge >= 0.3 is 0 Å². The van der Waals surface area contributed by atoms with Crippen LogP contribution in [0, 0.1) is 11.6 Å². The second-order valence-corrected chi connectivity index (χ2v) is 6.50. The zero-order valence-corrected chi connectivity index (χ0v) is 14.8. The lowest BCUT2D eigenvalue weighted by Gasteiger charge is -2.35. The molecule has 0 bridgehead atoms. The number of piperazine rings is 1. The number of nitrogens with two attached hydrogens (primary N) is 1. The molecule has 7 heteroatoms. The van der Waals surface area contributed by atoms with E-state index in [1.807, 2.05) is 18.2 Å². The van der Waals surface area contributed by atoms with E-state index < -0.39 is 17.5 Å². The molecule has 0 radical (unpaired) electrons. The van der Waals surface area contributed by atoms with Gasteiger partial charge in [-0.25, -0.2) is 8.78 Å². The van der Waals surface area contributed by atoms with E-state index in [1.54, 1.807) is 11.0 Å². The second-order valence-electron chi connectivity index (χ2n) is 6.50. The summed E-state index contributed by atoms with van der Waals surface area (Å²) in [6.45, 7) is 1.40. The highest BCUT2D eigenvalue weighted by atomic mass is 19.1. The van der Waals surface area contributed by atoms with Gasteiger partial charge in [-0.1, -0.05) is 18.2 Å². The standard InChI is InChI=1S/C20H21F2N3O2/c21-15-6-7-16(17(22)13-15)20(27)25-11-9-24(10-12-25)19(26)8-5-14-3-1-2-4-18(14)23/h1-4,6-7,13H,5,8-12,23H2. The predicted octanol–water partition coefficient (Wildman–Crippen LogP) is 2.46. The molecule has 142 valence electrons. The summed E-state index contributed by atoms with van der Waals surface area (Å²) in [5, 5.41) is 0. The van der Waals surface area contributed by atoms with Crippen molar-refractivity contribution in [3.63, 3.8) is 0 Å². The van der Waals surface area contributed by atoms with Crippen LogP contribution >= 0.6 is 0 Å². The Hall–Kier alpha value is -2.96. The Bertz CT molecular complexity index is 849. The zero-order chi connectivity index (χ0) is 19.4. The third-order valence-corrected chi connectivity index (χ3v) is 4.74. The average Bonchev–Trinajstić information content (AvgIpc) is 2.67. The third kappa shape index (κ3) is 4.42. The molecule has 1 heterocycles. The van der Waals surface area contributed by atoms with Crippen LogP contribution in [0.1, 0.15) is 22.3 Å². The summed E-state index contributed by atoms with van der Waals surface area (Å²) in [5.41, 5.74) is 7.34. The third-order valence-electron chi connectivity index (χ3n) is 4.74. The first-order chi connectivity index (χ1) is 13.0. The van der Waals surface area contributed by atoms with E-state index in [-0.39, 0.29) is 11.5 Å². The normalized spacial score (nSPS) is 14.3. The van der Waals surface area contributed by atoms with E-state index in [9.17, 15) is 18.4 Å². The Morgan fingerprint density at radius 1 is 0.963 bits per heavy atom. The van der Waals surface area contributed by atoms with Gasteiger partial charge in [-0.05, 0) is 30.2 Å². The van der Waals surface area contributed by atoms with Crippen LogP contribution in [0.4, 0.5) is 14.5 Å². The molecule has 2 N–H and O–H groups in total. The van der Waals surface area contributed by atoms with Gasteiger partial charge in [-0.15, -0.1) is 0 Å². The number of hydrogen-bond donors (Lipinski definition) is 1. The van der Waals surface area contributed by atoms with E-state index in [0.29, 0.717) is 50.8 Å². The fourth-order valence-corrected chi connectivity index (χ4v) is 3.15. The Morgan fingerprint density at radius 2 is 1.63 bits per heavy atom. The molecule has 0 atom stereocenters. The highest BCUT2D eigenvalue weighted by molar-refractivity contribution is 5.94. The molecule has 1 aliphatic rings. The molecule has 5 nitrogen and oxygen atoms in total. The van der Waals surface area contributed by atoms with Crippen LogP contribution in [0.15, 0.2) is 42.5 Å². The first kappa shape index (κ1) is 18.8. The van der Waals surface area contributed by atoms with Gasteiger partial charge in [0, 0.05) is 44.4 Å². The van der Waals surface area contributed by atoms with Crippen molar-refractivity contribution in [2.24, 2.45) is 0 Å². The Morgan fingerprint density at radius 3 is 2.30 bits per heavy atom. The predicted molar refractivity (Wildman–Crippen MR) is 98.0 cm³/mol. The van der Waals surface area contributed by atoms with Gasteiger partial charge in [0.1, 0.15) is 11.6 Å². The van der Waals surface area contributed by atoms with Gasteiger partial charge in [0.05, 0.1) is 5.56 Å². The minimum absolute atomic E-state index is 0.00156. The molecule has 2 amide bonds. The number of para-hydroxylation sites is 1. The van der Waals surface area contributed by atoms with Crippen molar-refractivity contribution in [2.45, 2.75) is 12.8 Å². The maximum atomic E-state index is 13.8. The largest absolute Gasteiger partial charge is 0.399 e. The lowest BCUT2D eigenvalue weighted by Crippen LogP contribution is -2.50. The number of anilines is 1. The molecule has 0 saturated carbocycles. The quantitative estimate of drug-likeness (QED) is 0.838. The van der Waals surface area contributed by atoms with Crippen LogP contribution in [-0.4, -0.2) is 47.8 Å². The van der Waals surface area contributed by atoms with Crippen molar-refractivity contribution in [2.75, 3.05) is 31.9 Å². The maximum absolute atomic E-state index is 13.8. The number of hydrogen-bond acceptors (Lipinski definition) is 3. The van der Waals surface area contributed by atoms with Gasteiger partial charge in [-0.2, -0.15) is 0 Å². The molecule has 27 heavy (non-hydrogen) atoms. The first-order valence-electron chi connectivity index (χ1n) is 8.81. The minimum atomic E-state index is -0.876. The summed E-state index contributed by atoms with van der Waals surface area (Å²) in [7, 11) is 0. The molecule has 0 aromatic heterocycles. The van der Waals surface area contributed by atoms with Gasteiger partial charge in [0.2, 0.25) is 5.91 Å². The van der Waals surface area contributed by atoms with Crippen molar-refractivity contribution >= 4 is 17.5 Å². The van der Waals surface area contributed by atoms with Gasteiger partial charge in [-0.3, -0.25) is 9.59 Å². The lowest BCUT2D eigenvalue weighted by molar-refractivity contribution is -0.132. The van der Waals surface area contributed by atoms with Crippen LogP contribution < -0.4 is 5.73 Å². The van der Waals surface area contributed by atoms with Crippen LogP contribution in [-0.2, 0) is 11.2 Å². The second kappa shape index (κ2) is 8.16. The van der Waals surface area contributed by atoms with Crippen molar-refractivity contribution in [1.82, 2.24) is 9.80 Å². The molecule has 0 unspecified atom stereocenters. The number of nitrogens with zero attached hydrogens (tertiary/aromatic N) is 2. The number of benzene rings is 2. The van der Waals surface area contributed by atoms with Crippen molar-refractivity contribution in [3.05, 3.63) is 65.2 Å². The van der Waals surface area contributed by atoms with Crippen molar-refractivity contribution < 1.29 is 18.4 Å². The summed E-state index contributed by atoms with van der Waals surface area (Å²) < 4.78 is 26.8. The number of nitrogen functional groups attached to an aromatic ring is 1. The highest BCUT2D eigenvalue weighted by Crippen LogP contribution is 2.16. The monoisotopic (exact) mass is 373 g/mol. The fraction of sp³-hybridized carbons (Fsp3) is 0.300. The Kier molecular flexibility index (Phi) is 5.69. The summed E-state index contributed by atoms with van der Waals surface area (Å²) in [6, 6.07) is 10.3. The lowest BCUT2D eigenvalue weighted by atomic mass is 10.1. The minimum Gasteiger partial charge on any atom is -0.399 e. The molecule has 1 saturated heterocycles. The molecule has 0 aliphatic carbocycles.